The highest BCUT2D eigenvalue weighted by Crippen LogP contribution is 2.40. The molecule has 3 aromatic carbocycles. The Morgan fingerprint density at radius 1 is 0.849 bits per heavy atom. The molecule has 53 heavy (non-hydrogen) atoms. The second kappa shape index (κ2) is 15.9. The third kappa shape index (κ3) is 9.50. The van der Waals surface area contributed by atoms with Crippen LogP contribution in [0.2, 0.25) is 5.02 Å². The predicted octanol–water partition coefficient (Wildman–Crippen LogP) is 8.17. The highest BCUT2D eigenvalue weighted by Gasteiger charge is 2.52. The first kappa shape index (κ1) is 39.0. The number of alkyl halides is 2. The summed E-state index contributed by atoms with van der Waals surface area (Å²) in [5.41, 5.74) is 0.173. The lowest BCUT2D eigenvalue weighted by molar-refractivity contribution is -0.146. The van der Waals surface area contributed by atoms with E-state index in [1.54, 1.807) is 45.0 Å². The number of carbonyl (C=O) groups is 2. The molecule has 2 N–H and O–H groups in total. The number of rotatable bonds is 11. The van der Waals surface area contributed by atoms with Gasteiger partial charge in [0.1, 0.15) is 11.4 Å². The Labute approximate surface area is 315 Å². The van der Waals surface area contributed by atoms with Gasteiger partial charge in [-0.15, -0.1) is 0 Å². The summed E-state index contributed by atoms with van der Waals surface area (Å²) in [5, 5.41) is 3.45. The van der Waals surface area contributed by atoms with E-state index in [-0.39, 0.29) is 35.9 Å². The molecular weight excluding hydrogens is 724 g/mol. The molecule has 0 radical (unpaired) electrons. The zero-order valence-electron chi connectivity index (χ0n) is 30.3. The summed E-state index contributed by atoms with van der Waals surface area (Å²) < 4.78 is 74.5. The van der Waals surface area contributed by atoms with Crippen molar-refractivity contribution in [3.05, 3.63) is 83.4 Å². The first-order valence-electron chi connectivity index (χ1n) is 18.4. The van der Waals surface area contributed by atoms with Crippen LogP contribution in [0.4, 0.5) is 13.6 Å². The zero-order chi connectivity index (χ0) is 38.0. The van der Waals surface area contributed by atoms with Crippen molar-refractivity contribution in [1.29, 1.82) is 0 Å². The minimum atomic E-state index is -4.62. The van der Waals surface area contributed by atoms with Crippen LogP contribution in [-0.4, -0.2) is 62.7 Å². The summed E-state index contributed by atoms with van der Waals surface area (Å²) >= 11 is 6.01. The first-order chi connectivity index (χ1) is 25.1. The van der Waals surface area contributed by atoms with E-state index >= 15 is 8.78 Å². The van der Waals surface area contributed by atoms with Crippen LogP contribution in [0.15, 0.2) is 77.7 Å². The van der Waals surface area contributed by atoms with Crippen LogP contribution in [0.1, 0.15) is 71.3 Å². The summed E-state index contributed by atoms with van der Waals surface area (Å²) in [4.78, 5) is 27.9. The van der Waals surface area contributed by atoms with Gasteiger partial charge in [0.2, 0.25) is 15.9 Å². The molecule has 3 aliphatic rings. The van der Waals surface area contributed by atoms with Crippen molar-refractivity contribution in [2.45, 2.75) is 94.2 Å². The van der Waals surface area contributed by atoms with Gasteiger partial charge in [-0.2, -0.15) is 13.5 Å². The number of carbonyl (C=O) groups excluding carboxylic acids is 2. The van der Waals surface area contributed by atoms with Crippen LogP contribution in [-0.2, 0) is 25.5 Å². The molecule has 6 rings (SSSR count). The molecule has 2 amide bonds. The van der Waals surface area contributed by atoms with Gasteiger partial charge in [0.15, 0.2) is 6.04 Å². The molecule has 1 heterocycles. The number of halogens is 3. The Bertz CT molecular complexity index is 1830. The standard InChI is InChI=1S/C40H48ClF2N3O6S/c1-39(2,3)52-38(48)44-35-29-9-10-30(35)24-46(23-29)37(47)36(40(42,43)31-15-11-27(12-16-31)28-13-17-32(41)18-14-28)45-53(49,50)34-21-19-33(20-22-34)51-25-26-7-5-4-6-8-26/h11-22,26,29-30,35-36,45H,4-10,23-25H2,1-3H3,(H,44,48). The van der Waals surface area contributed by atoms with Crippen molar-refractivity contribution in [3.8, 4) is 16.9 Å². The Kier molecular flexibility index (Phi) is 11.7. The average molecular weight is 772 g/mol. The largest absolute Gasteiger partial charge is 0.493 e. The topological polar surface area (TPSA) is 114 Å². The summed E-state index contributed by atoms with van der Waals surface area (Å²) in [6.07, 6.45) is 6.48. The highest BCUT2D eigenvalue weighted by atomic mass is 35.5. The summed E-state index contributed by atoms with van der Waals surface area (Å²) in [6, 6.07) is 15.2. The number of hydrogen-bond donors (Lipinski definition) is 2. The molecule has 2 aliphatic carbocycles. The molecule has 1 aliphatic heterocycles. The van der Waals surface area contributed by atoms with Crippen LogP contribution in [0, 0.1) is 17.8 Å². The van der Waals surface area contributed by atoms with Gasteiger partial charge in [0.25, 0.3) is 5.92 Å². The monoisotopic (exact) mass is 771 g/mol. The number of piperidine rings is 1. The lowest BCUT2D eigenvalue weighted by atomic mass is 9.90. The second-order valence-electron chi connectivity index (χ2n) is 15.6. The average Bonchev–Trinajstić information content (AvgIpc) is 3.33. The van der Waals surface area contributed by atoms with E-state index in [1.807, 2.05) is 0 Å². The van der Waals surface area contributed by atoms with E-state index < -0.39 is 45.2 Å². The quantitative estimate of drug-likeness (QED) is 0.203. The van der Waals surface area contributed by atoms with E-state index in [2.05, 4.69) is 10.0 Å². The van der Waals surface area contributed by atoms with Gasteiger partial charge in [0.05, 0.1) is 11.5 Å². The lowest BCUT2D eigenvalue weighted by Crippen LogP contribution is -2.61. The Morgan fingerprint density at radius 2 is 1.42 bits per heavy atom. The Morgan fingerprint density at radius 3 is 1.98 bits per heavy atom. The molecule has 3 aromatic rings. The van der Waals surface area contributed by atoms with E-state index in [0.29, 0.717) is 41.7 Å². The number of likely N-dealkylation sites (tertiary alicyclic amines) is 1. The van der Waals surface area contributed by atoms with Gasteiger partial charge >= 0.3 is 6.09 Å². The molecular formula is C40H48ClF2N3O6S. The molecule has 13 heteroatoms. The number of amides is 2. The Balaban J connectivity index is 1.23. The van der Waals surface area contributed by atoms with Crippen LogP contribution in [0.5, 0.6) is 5.75 Å². The fourth-order valence-corrected chi connectivity index (χ4v) is 9.06. The molecule has 9 nitrogen and oxygen atoms in total. The molecule has 2 bridgehead atoms. The summed E-state index contributed by atoms with van der Waals surface area (Å²) in [7, 11) is -4.62. The minimum absolute atomic E-state index is 0.0760. The maximum Gasteiger partial charge on any atom is 0.407 e. The van der Waals surface area contributed by atoms with E-state index in [1.165, 1.54) is 59.9 Å². The Hall–Kier alpha value is -3.74. The maximum atomic E-state index is 16.7. The molecule has 0 spiro atoms. The zero-order valence-corrected chi connectivity index (χ0v) is 31.9. The van der Waals surface area contributed by atoms with Crippen LogP contribution in [0.3, 0.4) is 0 Å². The van der Waals surface area contributed by atoms with Crippen molar-refractivity contribution in [3.63, 3.8) is 0 Å². The molecule has 0 aromatic heterocycles. The van der Waals surface area contributed by atoms with Crippen LogP contribution in [0.25, 0.3) is 11.1 Å². The van der Waals surface area contributed by atoms with Crippen molar-refractivity contribution in [2.75, 3.05) is 19.7 Å². The van der Waals surface area contributed by atoms with Crippen molar-refractivity contribution >= 4 is 33.6 Å². The van der Waals surface area contributed by atoms with Gasteiger partial charge in [-0.25, -0.2) is 13.2 Å². The number of benzene rings is 3. The molecule has 286 valence electrons. The molecule has 1 saturated heterocycles. The number of hydrogen-bond acceptors (Lipinski definition) is 6. The van der Waals surface area contributed by atoms with Gasteiger partial charge in [0, 0.05) is 29.7 Å². The smallest absolute Gasteiger partial charge is 0.407 e. The van der Waals surface area contributed by atoms with Gasteiger partial charge < -0.3 is 19.7 Å². The molecule has 2 saturated carbocycles. The van der Waals surface area contributed by atoms with Crippen molar-refractivity contribution in [1.82, 2.24) is 14.9 Å². The minimum Gasteiger partial charge on any atom is -0.493 e. The van der Waals surface area contributed by atoms with Crippen LogP contribution < -0.4 is 14.8 Å². The predicted molar refractivity (Wildman–Crippen MR) is 199 cm³/mol. The third-order valence-corrected chi connectivity index (χ3v) is 12.2. The number of sulfonamides is 1. The lowest BCUT2D eigenvalue weighted by Gasteiger charge is -2.40. The fraction of sp³-hybridized carbons (Fsp3) is 0.500. The van der Waals surface area contributed by atoms with Crippen molar-refractivity contribution < 1.29 is 36.3 Å². The summed E-state index contributed by atoms with van der Waals surface area (Å²) in [6.45, 7) is 5.95. The van der Waals surface area contributed by atoms with E-state index in [4.69, 9.17) is 21.1 Å². The molecule has 3 atom stereocenters. The van der Waals surface area contributed by atoms with E-state index in [0.717, 1.165) is 31.2 Å². The number of nitrogens with zero attached hydrogens (tertiary/aromatic N) is 1. The number of fused-ring (bicyclic) bond motifs is 2. The van der Waals surface area contributed by atoms with Crippen molar-refractivity contribution in [2.24, 2.45) is 17.8 Å². The summed E-state index contributed by atoms with van der Waals surface area (Å²) in [5.74, 6) is -4.49. The molecule has 3 unspecified atom stereocenters. The van der Waals surface area contributed by atoms with E-state index in [9.17, 15) is 18.0 Å². The van der Waals surface area contributed by atoms with Crippen LogP contribution >= 0.6 is 11.6 Å². The first-order valence-corrected chi connectivity index (χ1v) is 20.2. The third-order valence-electron chi connectivity index (χ3n) is 10.5. The number of nitrogens with one attached hydrogen (secondary N) is 2. The SMILES string of the molecule is CC(C)(C)OC(=O)NC1C2CCC1CN(C(=O)C(NS(=O)(=O)c1ccc(OCC3CCCCC3)cc1)C(F)(F)c1ccc(-c3ccc(Cl)cc3)cc1)C2. The number of ether oxygens (including phenoxy) is 2. The second-order valence-corrected chi connectivity index (χ2v) is 17.7. The highest BCUT2D eigenvalue weighted by molar-refractivity contribution is 7.89. The van der Waals surface area contributed by atoms with Gasteiger partial charge in [-0.3, -0.25) is 4.79 Å². The normalized spacial score (nSPS) is 21.5. The maximum absolute atomic E-state index is 16.7. The van der Waals surface area contributed by atoms with Gasteiger partial charge in [-0.05, 0) is 112 Å². The number of alkyl carbamates (subject to hydrolysis) is 1. The molecule has 3 fully saturated rings. The fourth-order valence-electron chi connectivity index (χ4n) is 7.74. The van der Waals surface area contributed by atoms with Gasteiger partial charge in [-0.1, -0.05) is 67.3 Å².